The summed E-state index contributed by atoms with van der Waals surface area (Å²) in [6.07, 6.45) is 1.44. The minimum atomic E-state index is -0.812. The van der Waals surface area contributed by atoms with E-state index in [9.17, 15) is 0 Å². The molecule has 0 aromatic heterocycles. The minimum absolute atomic E-state index is 0.374. The number of rotatable bonds is 4. The predicted octanol–water partition coefficient (Wildman–Crippen LogP) is 2.90. The fourth-order valence-electron chi connectivity index (χ4n) is 1.54. The fraction of sp³-hybridized carbons (Fsp3) is 1.00. The van der Waals surface area contributed by atoms with Gasteiger partial charge in [-0.05, 0) is 48.6 Å². The van der Waals surface area contributed by atoms with E-state index in [1.165, 1.54) is 0 Å². The van der Waals surface area contributed by atoms with Gasteiger partial charge in [-0.3, -0.25) is 0 Å². The molecular weight excluding hydrogens is 246 g/mol. The molecule has 0 amide bonds. The smallest absolute Gasteiger partial charge is 0.236 e. The van der Waals surface area contributed by atoms with Gasteiger partial charge in [-0.2, -0.15) is 9.78 Å². The Kier molecular flexibility index (Phi) is 5.37. The monoisotopic (exact) mass is 275 g/mol. The first-order valence-corrected chi connectivity index (χ1v) is 6.94. The number of hydrogen-bond donors (Lipinski definition) is 0. The van der Waals surface area contributed by atoms with Crippen molar-refractivity contribution in [3.63, 3.8) is 0 Å². The van der Waals surface area contributed by atoms with E-state index >= 15 is 0 Å². The SMILES string of the molecule is CN1CCC(OOC(C)(C)C)(OOC(C)(C)C)CC1. The van der Waals surface area contributed by atoms with Crippen LogP contribution in [0.4, 0.5) is 0 Å². The molecule has 1 aliphatic rings. The van der Waals surface area contributed by atoms with Crippen LogP contribution in [-0.4, -0.2) is 42.0 Å². The fourth-order valence-corrected chi connectivity index (χ4v) is 1.54. The van der Waals surface area contributed by atoms with Crippen LogP contribution >= 0.6 is 0 Å². The van der Waals surface area contributed by atoms with Gasteiger partial charge in [0.25, 0.3) is 0 Å². The molecule has 0 N–H and O–H groups in total. The summed E-state index contributed by atoms with van der Waals surface area (Å²) in [4.78, 5) is 24.3. The molecule has 0 aliphatic carbocycles. The van der Waals surface area contributed by atoms with Crippen LogP contribution in [0.25, 0.3) is 0 Å². The molecule has 1 saturated heterocycles. The maximum Gasteiger partial charge on any atom is 0.236 e. The molecule has 1 heterocycles. The van der Waals surface area contributed by atoms with Crippen LogP contribution in [0.3, 0.4) is 0 Å². The topological polar surface area (TPSA) is 40.2 Å². The zero-order valence-corrected chi connectivity index (χ0v) is 13.4. The van der Waals surface area contributed by atoms with Crippen molar-refractivity contribution in [1.82, 2.24) is 4.90 Å². The molecular formula is C14H29NO4. The third-order valence-corrected chi connectivity index (χ3v) is 2.64. The minimum Gasteiger partial charge on any atom is -0.306 e. The summed E-state index contributed by atoms with van der Waals surface area (Å²) in [5.74, 6) is -0.812. The second-order valence-corrected chi connectivity index (χ2v) is 7.27. The highest BCUT2D eigenvalue weighted by Gasteiger charge is 2.41. The van der Waals surface area contributed by atoms with Crippen LogP contribution in [0.5, 0.6) is 0 Å². The highest BCUT2D eigenvalue weighted by Crippen LogP contribution is 2.31. The van der Waals surface area contributed by atoms with Gasteiger partial charge in [0.15, 0.2) is 0 Å². The number of likely N-dealkylation sites (tertiary alicyclic amines) is 1. The average molecular weight is 275 g/mol. The summed E-state index contributed by atoms with van der Waals surface area (Å²) in [6, 6.07) is 0. The van der Waals surface area contributed by atoms with Crippen LogP contribution in [-0.2, 0) is 19.6 Å². The highest BCUT2D eigenvalue weighted by atomic mass is 17.3. The van der Waals surface area contributed by atoms with Crippen molar-refractivity contribution in [2.24, 2.45) is 0 Å². The number of nitrogens with zero attached hydrogens (tertiary/aromatic N) is 1. The maximum atomic E-state index is 5.60. The lowest BCUT2D eigenvalue weighted by atomic mass is 10.0. The van der Waals surface area contributed by atoms with Gasteiger partial charge in [0, 0.05) is 25.9 Å². The molecule has 5 heteroatoms. The van der Waals surface area contributed by atoms with Gasteiger partial charge in [0.1, 0.15) is 0 Å². The molecule has 19 heavy (non-hydrogen) atoms. The van der Waals surface area contributed by atoms with Crippen molar-refractivity contribution in [3.8, 4) is 0 Å². The molecule has 0 unspecified atom stereocenters. The van der Waals surface area contributed by atoms with Crippen LogP contribution in [0.15, 0.2) is 0 Å². The van der Waals surface area contributed by atoms with Gasteiger partial charge in [-0.1, -0.05) is 0 Å². The van der Waals surface area contributed by atoms with Crippen molar-refractivity contribution in [2.75, 3.05) is 20.1 Å². The Balaban J connectivity index is 2.62. The summed E-state index contributed by atoms with van der Waals surface area (Å²) >= 11 is 0. The van der Waals surface area contributed by atoms with Crippen molar-refractivity contribution in [1.29, 1.82) is 0 Å². The third-order valence-electron chi connectivity index (χ3n) is 2.64. The highest BCUT2D eigenvalue weighted by molar-refractivity contribution is 4.77. The molecule has 1 fully saturated rings. The Bertz CT molecular complexity index is 252. The van der Waals surface area contributed by atoms with Crippen LogP contribution in [0, 0.1) is 0 Å². The Morgan fingerprint density at radius 2 is 1.16 bits per heavy atom. The third kappa shape index (κ3) is 6.68. The van der Waals surface area contributed by atoms with Crippen molar-refractivity contribution in [3.05, 3.63) is 0 Å². The van der Waals surface area contributed by atoms with E-state index in [1.54, 1.807) is 0 Å². The number of hydrogen-bond acceptors (Lipinski definition) is 5. The van der Waals surface area contributed by atoms with E-state index in [1.807, 2.05) is 41.5 Å². The summed E-state index contributed by atoms with van der Waals surface area (Å²) in [5, 5.41) is 0. The molecule has 0 saturated carbocycles. The normalized spacial score (nSPS) is 21.6. The van der Waals surface area contributed by atoms with Crippen LogP contribution < -0.4 is 0 Å². The van der Waals surface area contributed by atoms with E-state index in [-0.39, 0.29) is 11.2 Å². The van der Waals surface area contributed by atoms with Gasteiger partial charge in [0.2, 0.25) is 5.79 Å². The van der Waals surface area contributed by atoms with Crippen LogP contribution in [0.1, 0.15) is 54.4 Å². The Hall–Kier alpha value is -0.200. The van der Waals surface area contributed by atoms with Gasteiger partial charge in [-0.25, -0.2) is 9.78 Å². The second kappa shape index (κ2) is 6.06. The van der Waals surface area contributed by atoms with E-state index in [4.69, 9.17) is 19.6 Å². The Morgan fingerprint density at radius 1 is 0.789 bits per heavy atom. The zero-order chi connectivity index (χ0) is 14.7. The molecule has 0 radical (unpaired) electrons. The molecule has 1 aliphatic heterocycles. The molecule has 114 valence electrons. The van der Waals surface area contributed by atoms with Gasteiger partial charge in [0.05, 0.1) is 11.2 Å². The van der Waals surface area contributed by atoms with Gasteiger partial charge < -0.3 is 4.90 Å². The quantitative estimate of drug-likeness (QED) is 0.448. The van der Waals surface area contributed by atoms with Gasteiger partial charge >= 0.3 is 0 Å². The average Bonchev–Trinajstić information content (AvgIpc) is 2.25. The largest absolute Gasteiger partial charge is 0.306 e. The van der Waals surface area contributed by atoms with E-state index in [0.29, 0.717) is 0 Å². The van der Waals surface area contributed by atoms with Crippen molar-refractivity contribution < 1.29 is 19.6 Å². The lowest BCUT2D eigenvalue weighted by Crippen LogP contribution is -2.48. The molecule has 0 spiro atoms. The zero-order valence-electron chi connectivity index (χ0n) is 13.4. The summed E-state index contributed by atoms with van der Waals surface area (Å²) in [5.41, 5.74) is -0.747. The van der Waals surface area contributed by atoms with Crippen LogP contribution in [0.2, 0.25) is 0 Å². The first kappa shape index (κ1) is 16.9. The first-order valence-electron chi connectivity index (χ1n) is 6.94. The molecule has 0 bridgehead atoms. The van der Waals surface area contributed by atoms with E-state index in [0.717, 1.165) is 25.9 Å². The van der Waals surface area contributed by atoms with Crippen molar-refractivity contribution in [2.45, 2.75) is 71.4 Å². The molecule has 5 nitrogen and oxygen atoms in total. The molecule has 0 aromatic rings. The molecule has 1 rings (SSSR count). The standard InChI is InChI=1S/C14H29NO4/c1-12(2,3)16-18-14(19-17-13(4,5)6)8-10-15(7)11-9-14/h8-11H2,1-7H3. The Morgan fingerprint density at radius 3 is 1.47 bits per heavy atom. The molecule has 0 atom stereocenters. The van der Waals surface area contributed by atoms with Crippen molar-refractivity contribution >= 4 is 0 Å². The summed E-state index contributed by atoms with van der Waals surface area (Å²) < 4.78 is 0. The molecule has 0 aromatic carbocycles. The van der Waals surface area contributed by atoms with E-state index < -0.39 is 5.79 Å². The lowest BCUT2D eigenvalue weighted by Gasteiger charge is -2.40. The predicted molar refractivity (Wildman–Crippen MR) is 73.3 cm³/mol. The number of piperidine rings is 1. The maximum absolute atomic E-state index is 5.60. The summed E-state index contributed by atoms with van der Waals surface area (Å²) in [6.45, 7) is 13.4. The summed E-state index contributed by atoms with van der Waals surface area (Å²) in [7, 11) is 2.08. The lowest BCUT2D eigenvalue weighted by molar-refractivity contribution is -0.546. The first-order chi connectivity index (χ1) is 8.52. The van der Waals surface area contributed by atoms with E-state index in [2.05, 4.69) is 11.9 Å². The second-order valence-electron chi connectivity index (χ2n) is 7.27. The van der Waals surface area contributed by atoms with Gasteiger partial charge in [-0.15, -0.1) is 0 Å². The Labute approximate surface area is 117 Å².